The average molecular weight is 324 g/mol. The minimum Gasteiger partial charge on any atom is -0.497 e. The van der Waals surface area contributed by atoms with Crippen LogP contribution in [0.3, 0.4) is 0 Å². The second-order valence-electron chi connectivity index (χ2n) is 4.41. The number of methoxy groups -OCH3 is 1. The number of nitrogens with one attached hydrogen (secondary N) is 1. The lowest BCUT2D eigenvalue weighted by Gasteiger charge is -2.08. The number of halogens is 2. The van der Waals surface area contributed by atoms with Crippen LogP contribution in [-0.4, -0.2) is 26.2 Å². The Bertz CT molecular complexity index is 646. The second kappa shape index (κ2) is 7.66. The van der Waals surface area contributed by atoms with E-state index in [1.807, 2.05) is 0 Å². The lowest BCUT2D eigenvalue weighted by Crippen LogP contribution is -2.28. The van der Waals surface area contributed by atoms with Gasteiger partial charge in [-0.05, 0) is 42.5 Å². The Hall–Kier alpha value is -2.27. The van der Waals surface area contributed by atoms with Crippen molar-refractivity contribution in [2.45, 2.75) is 0 Å². The lowest BCUT2D eigenvalue weighted by atomic mass is 10.2. The Morgan fingerprint density at radius 2 is 1.86 bits per heavy atom. The van der Waals surface area contributed by atoms with E-state index < -0.39 is 5.82 Å². The first kappa shape index (κ1) is 16.1. The second-order valence-corrected chi connectivity index (χ2v) is 4.82. The number of hydrogen-bond acceptors (Lipinski definition) is 3. The molecule has 0 atom stereocenters. The van der Waals surface area contributed by atoms with E-state index in [-0.39, 0.29) is 10.9 Å². The smallest absolute Gasteiger partial charge is 0.251 e. The first-order valence-electron chi connectivity index (χ1n) is 6.60. The molecule has 0 saturated carbocycles. The Labute approximate surface area is 132 Å². The number of carbonyl (C=O) groups is 1. The molecule has 116 valence electrons. The van der Waals surface area contributed by atoms with Crippen LogP contribution in [0.1, 0.15) is 10.4 Å². The predicted molar refractivity (Wildman–Crippen MR) is 82.2 cm³/mol. The molecule has 1 N–H and O–H groups in total. The van der Waals surface area contributed by atoms with Gasteiger partial charge < -0.3 is 14.8 Å². The summed E-state index contributed by atoms with van der Waals surface area (Å²) in [5, 5.41) is 2.59. The molecule has 0 saturated heterocycles. The molecule has 0 spiro atoms. The molecule has 0 aliphatic rings. The number of benzene rings is 2. The van der Waals surface area contributed by atoms with Gasteiger partial charge in [-0.2, -0.15) is 0 Å². The average Bonchev–Trinajstić information content (AvgIpc) is 2.54. The predicted octanol–water partition coefficient (Wildman–Crippen LogP) is 3.30. The number of rotatable bonds is 6. The number of carbonyl (C=O) groups excluding carboxylic acids is 1. The zero-order chi connectivity index (χ0) is 15.9. The molecule has 4 nitrogen and oxygen atoms in total. The van der Waals surface area contributed by atoms with Crippen LogP contribution in [0, 0.1) is 5.82 Å². The number of hydrogen-bond donors (Lipinski definition) is 1. The SMILES string of the molecule is COc1ccc(OCCNC(=O)c2ccc(F)c(Cl)c2)cc1. The highest BCUT2D eigenvalue weighted by Crippen LogP contribution is 2.17. The summed E-state index contributed by atoms with van der Waals surface area (Å²) in [6.07, 6.45) is 0. The maximum absolute atomic E-state index is 13.0. The van der Waals surface area contributed by atoms with E-state index in [0.29, 0.717) is 24.5 Å². The molecular weight excluding hydrogens is 309 g/mol. The van der Waals surface area contributed by atoms with Crippen LogP contribution in [0.25, 0.3) is 0 Å². The topological polar surface area (TPSA) is 47.6 Å². The summed E-state index contributed by atoms with van der Waals surface area (Å²) in [5.74, 6) is 0.537. The van der Waals surface area contributed by atoms with Gasteiger partial charge in [0.25, 0.3) is 5.91 Å². The molecule has 2 aromatic rings. The minimum atomic E-state index is -0.555. The molecule has 0 aliphatic heterocycles. The van der Waals surface area contributed by atoms with E-state index in [9.17, 15) is 9.18 Å². The van der Waals surface area contributed by atoms with E-state index in [2.05, 4.69) is 5.32 Å². The third-order valence-electron chi connectivity index (χ3n) is 2.90. The maximum atomic E-state index is 13.0. The Morgan fingerprint density at radius 1 is 1.18 bits per heavy atom. The molecule has 6 heteroatoms. The van der Waals surface area contributed by atoms with Crippen molar-refractivity contribution >= 4 is 17.5 Å². The van der Waals surface area contributed by atoms with Gasteiger partial charge >= 0.3 is 0 Å². The number of amides is 1. The van der Waals surface area contributed by atoms with Crippen LogP contribution in [0.2, 0.25) is 5.02 Å². The van der Waals surface area contributed by atoms with E-state index in [4.69, 9.17) is 21.1 Å². The van der Waals surface area contributed by atoms with Crippen molar-refractivity contribution in [2.75, 3.05) is 20.3 Å². The summed E-state index contributed by atoms with van der Waals surface area (Å²) >= 11 is 5.63. The van der Waals surface area contributed by atoms with Crippen LogP contribution >= 0.6 is 11.6 Å². The highest BCUT2D eigenvalue weighted by molar-refractivity contribution is 6.31. The van der Waals surface area contributed by atoms with E-state index in [1.54, 1.807) is 31.4 Å². The van der Waals surface area contributed by atoms with Crippen molar-refractivity contribution in [1.29, 1.82) is 0 Å². The van der Waals surface area contributed by atoms with E-state index in [1.165, 1.54) is 12.1 Å². The summed E-state index contributed by atoms with van der Waals surface area (Å²) in [4.78, 5) is 11.8. The van der Waals surface area contributed by atoms with Crippen LogP contribution in [0.5, 0.6) is 11.5 Å². The van der Waals surface area contributed by atoms with Gasteiger partial charge in [0.2, 0.25) is 0 Å². The molecule has 0 aromatic heterocycles. The highest BCUT2D eigenvalue weighted by atomic mass is 35.5. The third kappa shape index (κ3) is 4.36. The molecule has 0 aliphatic carbocycles. The van der Waals surface area contributed by atoms with Crippen LogP contribution < -0.4 is 14.8 Å². The number of ether oxygens (including phenoxy) is 2. The normalized spacial score (nSPS) is 10.1. The summed E-state index contributed by atoms with van der Waals surface area (Å²) in [5.41, 5.74) is 0.302. The van der Waals surface area contributed by atoms with Crippen LogP contribution in [-0.2, 0) is 0 Å². The van der Waals surface area contributed by atoms with E-state index in [0.717, 1.165) is 11.8 Å². The quantitative estimate of drug-likeness (QED) is 0.830. The Balaban J connectivity index is 1.77. The lowest BCUT2D eigenvalue weighted by molar-refractivity contribution is 0.0947. The third-order valence-corrected chi connectivity index (χ3v) is 3.19. The van der Waals surface area contributed by atoms with E-state index >= 15 is 0 Å². The van der Waals surface area contributed by atoms with Gasteiger partial charge in [0.05, 0.1) is 18.7 Å². The molecule has 2 rings (SSSR count). The molecule has 0 bridgehead atoms. The standard InChI is InChI=1S/C16H15ClFNO3/c1-21-12-3-5-13(6-4-12)22-9-8-19-16(20)11-2-7-15(18)14(17)10-11/h2-7,10H,8-9H2,1H3,(H,19,20). The minimum absolute atomic E-state index is 0.0814. The largest absolute Gasteiger partial charge is 0.497 e. The van der Waals surface area contributed by atoms with Gasteiger partial charge in [0.1, 0.15) is 23.9 Å². The van der Waals surface area contributed by atoms with Crippen LogP contribution in [0.15, 0.2) is 42.5 Å². The zero-order valence-electron chi connectivity index (χ0n) is 11.9. The monoisotopic (exact) mass is 323 g/mol. The van der Waals surface area contributed by atoms with Crippen molar-refractivity contribution in [3.05, 3.63) is 58.9 Å². The summed E-state index contributed by atoms with van der Waals surface area (Å²) in [6.45, 7) is 0.632. The van der Waals surface area contributed by atoms with Gasteiger partial charge in [0.15, 0.2) is 0 Å². The highest BCUT2D eigenvalue weighted by Gasteiger charge is 2.08. The zero-order valence-corrected chi connectivity index (χ0v) is 12.7. The molecule has 0 radical (unpaired) electrons. The fraction of sp³-hybridized carbons (Fsp3) is 0.188. The van der Waals surface area contributed by atoms with Gasteiger partial charge in [-0.3, -0.25) is 4.79 Å². The molecule has 22 heavy (non-hydrogen) atoms. The van der Waals surface area contributed by atoms with Crippen molar-refractivity contribution < 1.29 is 18.7 Å². The molecule has 2 aromatic carbocycles. The maximum Gasteiger partial charge on any atom is 0.251 e. The fourth-order valence-electron chi connectivity index (χ4n) is 1.74. The van der Waals surface area contributed by atoms with Gasteiger partial charge in [-0.15, -0.1) is 0 Å². The summed E-state index contributed by atoms with van der Waals surface area (Å²) in [6, 6.07) is 11.0. The first-order chi connectivity index (χ1) is 10.6. The van der Waals surface area contributed by atoms with Gasteiger partial charge in [-0.1, -0.05) is 11.6 Å². The summed E-state index contributed by atoms with van der Waals surface area (Å²) < 4.78 is 23.5. The molecular formula is C16H15ClFNO3. The first-order valence-corrected chi connectivity index (χ1v) is 6.98. The Morgan fingerprint density at radius 3 is 2.50 bits per heavy atom. The molecule has 0 fully saturated rings. The summed E-state index contributed by atoms with van der Waals surface area (Å²) in [7, 11) is 1.59. The Kier molecular flexibility index (Phi) is 5.61. The van der Waals surface area contributed by atoms with Gasteiger partial charge in [0, 0.05) is 5.56 Å². The van der Waals surface area contributed by atoms with Crippen molar-refractivity contribution in [3.63, 3.8) is 0 Å². The molecule has 1 amide bonds. The van der Waals surface area contributed by atoms with Crippen LogP contribution in [0.4, 0.5) is 4.39 Å². The van der Waals surface area contributed by atoms with Crippen molar-refractivity contribution in [1.82, 2.24) is 5.32 Å². The van der Waals surface area contributed by atoms with Crippen molar-refractivity contribution in [2.24, 2.45) is 0 Å². The van der Waals surface area contributed by atoms with Crippen molar-refractivity contribution in [3.8, 4) is 11.5 Å². The fourth-order valence-corrected chi connectivity index (χ4v) is 1.93. The molecule has 0 heterocycles. The molecule has 0 unspecified atom stereocenters. The van der Waals surface area contributed by atoms with Gasteiger partial charge in [-0.25, -0.2) is 4.39 Å².